The summed E-state index contributed by atoms with van der Waals surface area (Å²) in [5.74, 6) is 0.166. The fraction of sp³-hybridized carbons (Fsp3) is 0.263. The molecule has 9 heteroatoms. The van der Waals surface area contributed by atoms with Gasteiger partial charge >= 0.3 is 0 Å². The predicted octanol–water partition coefficient (Wildman–Crippen LogP) is 2.78. The van der Waals surface area contributed by atoms with Gasteiger partial charge in [0.15, 0.2) is 23.3 Å². The SMILES string of the molecule is O=C(CCc1ncco1)N1CCc2[nH]cnc2[C@H]1c1nc2cccc(F)c2o1. The summed E-state index contributed by atoms with van der Waals surface area (Å²) < 4.78 is 25.0. The molecule has 1 atom stereocenters. The van der Waals surface area contributed by atoms with Crippen molar-refractivity contribution in [3.05, 3.63) is 66.0 Å². The fourth-order valence-electron chi connectivity index (χ4n) is 3.58. The summed E-state index contributed by atoms with van der Waals surface area (Å²) in [6, 6.07) is 3.95. The van der Waals surface area contributed by atoms with Crippen molar-refractivity contribution in [2.45, 2.75) is 25.3 Å². The maximum atomic E-state index is 14.1. The smallest absolute Gasteiger partial charge is 0.224 e. The Labute approximate surface area is 158 Å². The highest BCUT2D eigenvalue weighted by Gasteiger charge is 2.37. The largest absolute Gasteiger partial charge is 0.449 e. The molecule has 1 amide bonds. The molecule has 0 unspecified atom stereocenters. The van der Waals surface area contributed by atoms with Gasteiger partial charge in [0.25, 0.3) is 0 Å². The van der Waals surface area contributed by atoms with Gasteiger partial charge in [-0.2, -0.15) is 0 Å². The van der Waals surface area contributed by atoms with Gasteiger partial charge in [0.1, 0.15) is 11.8 Å². The normalized spacial score (nSPS) is 16.5. The number of aryl methyl sites for hydroxylation is 1. The van der Waals surface area contributed by atoms with Crippen LogP contribution in [0.3, 0.4) is 0 Å². The lowest BCUT2D eigenvalue weighted by Gasteiger charge is -2.33. The van der Waals surface area contributed by atoms with Crippen LogP contribution in [0.5, 0.6) is 0 Å². The number of imidazole rings is 1. The number of benzene rings is 1. The Kier molecular flexibility index (Phi) is 3.92. The van der Waals surface area contributed by atoms with E-state index in [1.165, 1.54) is 12.3 Å². The molecule has 0 saturated heterocycles. The van der Waals surface area contributed by atoms with Gasteiger partial charge < -0.3 is 18.7 Å². The zero-order chi connectivity index (χ0) is 19.1. The Bertz CT molecular complexity index is 1130. The number of nitrogens with zero attached hydrogens (tertiary/aromatic N) is 4. The number of hydrogen-bond acceptors (Lipinski definition) is 6. The number of aromatic amines is 1. The molecule has 3 aromatic heterocycles. The lowest BCUT2D eigenvalue weighted by atomic mass is 10.0. The van der Waals surface area contributed by atoms with Crippen LogP contribution in [0.15, 0.2) is 45.8 Å². The van der Waals surface area contributed by atoms with Gasteiger partial charge in [-0.15, -0.1) is 0 Å². The average molecular weight is 381 g/mol. The number of H-pyrrole nitrogens is 1. The van der Waals surface area contributed by atoms with Crippen LogP contribution >= 0.6 is 0 Å². The summed E-state index contributed by atoms with van der Waals surface area (Å²) in [4.78, 5) is 30.6. The molecule has 0 bridgehead atoms. The van der Waals surface area contributed by atoms with Crippen LogP contribution < -0.4 is 0 Å². The van der Waals surface area contributed by atoms with Crippen molar-refractivity contribution >= 4 is 17.0 Å². The lowest BCUT2D eigenvalue weighted by Crippen LogP contribution is -2.41. The number of nitrogens with one attached hydrogen (secondary N) is 1. The van der Waals surface area contributed by atoms with E-state index >= 15 is 0 Å². The second kappa shape index (κ2) is 6.59. The van der Waals surface area contributed by atoms with Crippen molar-refractivity contribution in [2.75, 3.05) is 6.54 Å². The number of halogens is 1. The van der Waals surface area contributed by atoms with Gasteiger partial charge in [-0.05, 0) is 12.1 Å². The molecular formula is C19H16FN5O3. The minimum Gasteiger partial charge on any atom is -0.449 e. The maximum absolute atomic E-state index is 14.1. The lowest BCUT2D eigenvalue weighted by molar-refractivity contribution is -0.133. The zero-order valence-electron chi connectivity index (χ0n) is 14.8. The number of aromatic nitrogens is 4. The summed E-state index contributed by atoms with van der Waals surface area (Å²) in [5, 5.41) is 0. The van der Waals surface area contributed by atoms with Gasteiger partial charge in [0, 0.05) is 31.5 Å². The predicted molar refractivity (Wildman–Crippen MR) is 94.6 cm³/mol. The number of rotatable bonds is 4. The van der Waals surface area contributed by atoms with Crippen LogP contribution in [0, 0.1) is 5.82 Å². The Morgan fingerprint density at radius 1 is 1.36 bits per heavy atom. The first-order chi connectivity index (χ1) is 13.7. The van der Waals surface area contributed by atoms with Crippen LogP contribution in [0.1, 0.15) is 35.6 Å². The molecular weight excluding hydrogens is 365 g/mol. The number of hydrogen-bond donors (Lipinski definition) is 1. The highest BCUT2D eigenvalue weighted by molar-refractivity contribution is 5.78. The first-order valence-electron chi connectivity index (χ1n) is 8.95. The van der Waals surface area contributed by atoms with Crippen LogP contribution in [0.2, 0.25) is 0 Å². The van der Waals surface area contributed by atoms with Crippen molar-refractivity contribution in [2.24, 2.45) is 0 Å². The van der Waals surface area contributed by atoms with E-state index in [0.29, 0.717) is 36.5 Å². The highest BCUT2D eigenvalue weighted by atomic mass is 19.1. The van der Waals surface area contributed by atoms with E-state index in [2.05, 4.69) is 19.9 Å². The molecule has 28 heavy (non-hydrogen) atoms. The van der Waals surface area contributed by atoms with Crippen molar-refractivity contribution < 1.29 is 18.0 Å². The number of oxazole rings is 2. The summed E-state index contributed by atoms with van der Waals surface area (Å²) in [6.07, 6.45) is 5.88. The van der Waals surface area contributed by atoms with Crippen molar-refractivity contribution in [3.8, 4) is 0 Å². The van der Waals surface area contributed by atoms with E-state index in [1.54, 1.807) is 29.6 Å². The Morgan fingerprint density at radius 2 is 2.29 bits per heavy atom. The summed E-state index contributed by atoms with van der Waals surface area (Å²) in [5.41, 5.74) is 2.07. The van der Waals surface area contributed by atoms with Gasteiger partial charge in [0.05, 0.1) is 18.2 Å². The topological polar surface area (TPSA) is 101 Å². The molecule has 0 fully saturated rings. The Hall–Kier alpha value is -3.49. The zero-order valence-corrected chi connectivity index (χ0v) is 14.8. The Balaban J connectivity index is 1.50. The van der Waals surface area contributed by atoms with Crippen LogP contribution in [-0.4, -0.2) is 37.3 Å². The van der Waals surface area contributed by atoms with Crippen LogP contribution in [-0.2, 0) is 17.6 Å². The molecule has 4 heterocycles. The minimum atomic E-state index is -0.612. The van der Waals surface area contributed by atoms with E-state index in [-0.39, 0.29) is 23.8 Å². The van der Waals surface area contributed by atoms with Crippen molar-refractivity contribution in [3.63, 3.8) is 0 Å². The molecule has 1 aromatic carbocycles. The van der Waals surface area contributed by atoms with E-state index in [1.807, 2.05) is 0 Å². The van der Waals surface area contributed by atoms with Gasteiger partial charge in [-0.25, -0.2) is 19.3 Å². The molecule has 0 aliphatic carbocycles. The number of para-hydroxylation sites is 1. The van der Waals surface area contributed by atoms with E-state index in [9.17, 15) is 9.18 Å². The molecule has 0 spiro atoms. The van der Waals surface area contributed by atoms with Crippen LogP contribution in [0.25, 0.3) is 11.1 Å². The average Bonchev–Trinajstić information content (AvgIpc) is 3.45. The van der Waals surface area contributed by atoms with E-state index < -0.39 is 11.9 Å². The highest BCUT2D eigenvalue weighted by Crippen LogP contribution is 2.35. The second-order valence-electron chi connectivity index (χ2n) is 6.57. The second-order valence-corrected chi connectivity index (χ2v) is 6.57. The molecule has 4 aromatic rings. The summed E-state index contributed by atoms with van der Waals surface area (Å²) >= 11 is 0. The van der Waals surface area contributed by atoms with Gasteiger partial charge in [-0.3, -0.25) is 4.79 Å². The molecule has 1 aliphatic rings. The molecule has 0 radical (unpaired) electrons. The molecule has 1 N–H and O–H groups in total. The third kappa shape index (κ3) is 2.75. The monoisotopic (exact) mass is 381 g/mol. The maximum Gasteiger partial charge on any atom is 0.224 e. The third-order valence-corrected chi connectivity index (χ3v) is 4.90. The number of carbonyl (C=O) groups is 1. The molecule has 1 aliphatic heterocycles. The fourth-order valence-corrected chi connectivity index (χ4v) is 3.58. The van der Waals surface area contributed by atoms with Gasteiger partial charge in [0.2, 0.25) is 11.8 Å². The van der Waals surface area contributed by atoms with E-state index in [4.69, 9.17) is 8.83 Å². The molecule has 0 saturated carbocycles. The molecule has 5 rings (SSSR count). The summed E-state index contributed by atoms with van der Waals surface area (Å²) in [6.45, 7) is 0.478. The minimum absolute atomic E-state index is 0.0762. The number of amides is 1. The number of fused-ring (bicyclic) bond motifs is 2. The molecule has 8 nitrogen and oxygen atoms in total. The summed E-state index contributed by atoms with van der Waals surface area (Å²) in [7, 11) is 0. The van der Waals surface area contributed by atoms with E-state index in [0.717, 1.165) is 5.69 Å². The Morgan fingerprint density at radius 3 is 3.11 bits per heavy atom. The first-order valence-corrected chi connectivity index (χ1v) is 8.95. The van der Waals surface area contributed by atoms with Crippen molar-refractivity contribution in [1.29, 1.82) is 0 Å². The quantitative estimate of drug-likeness (QED) is 0.583. The van der Waals surface area contributed by atoms with Crippen molar-refractivity contribution in [1.82, 2.24) is 24.8 Å². The first kappa shape index (κ1) is 16.7. The van der Waals surface area contributed by atoms with Crippen LogP contribution in [0.4, 0.5) is 4.39 Å². The third-order valence-electron chi connectivity index (χ3n) is 4.90. The van der Waals surface area contributed by atoms with Gasteiger partial charge in [-0.1, -0.05) is 6.07 Å². The standard InChI is InChI=1S/C19H16FN5O3/c20-11-2-1-3-13-18(11)28-19(24-13)17-16-12(22-10-23-16)6-8-25(17)15(26)5-4-14-21-7-9-27-14/h1-3,7,9-10,17H,4-6,8H2,(H,22,23)/t17-/m0/s1. The number of carbonyl (C=O) groups excluding carboxylic acids is 1. The molecule has 142 valence electrons.